The lowest BCUT2D eigenvalue weighted by Gasteiger charge is -2.21. The van der Waals surface area contributed by atoms with Gasteiger partial charge in [-0.25, -0.2) is 9.13 Å². The van der Waals surface area contributed by atoms with Crippen LogP contribution in [0.15, 0.2) is 0 Å². The fraction of sp³-hybridized carbons (Fsp3) is 0.948. The zero-order valence-corrected chi connectivity index (χ0v) is 64.6. The minimum Gasteiger partial charge on any atom is -0.462 e. The van der Waals surface area contributed by atoms with Crippen LogP contribution in [0.3, 0.4) is 0 Å². The zero-order valence-electron chi connectivity index (χ0n) is 62.8. The van der Waals surface area contributed by atoms with Crippen molar-refractivity contribution in [3.8, 4) is 0 Å². The number of rotatable bonds is 75. The highest BCUT2D eigenvalue weighted by atomic mass is 31.2. The third kappa shape index (κ3) is 70.5. The molecule has 17 nitrogen and oxygen atoms in total. The highest BCUT2D eigenvalue weighted by molar-refractivity contribution is 7.47. The Morgan fingerprint density at radius 3 is 0.708 bits per heavy atom. The van der Waals surface area contributed by atoms with Crippen LogP contribution in [-0.4, -0.2) is 96.7 Å². The van der Waals surface area contributed by atoms with E-state index in [1.807, 2.05) is 0 Å². The Hall–Kier alpha value is -1.94. The number of hydrogen-bond acceptors (Lipinski definition) is 15. The van der Waals surface area contributed by atoms with E-state index in [4.69, 9.17) is 37.0 Å². The van der Waals surface area contributed by atoms with Gasteiger partial charge in [0.25, 0.3) is 0 Å². The predicted molar refractivity (Wildman–Crippen MR) is 391 cm³/mol. The number of esters is 4. The maximum absolute atomic E-state index is 13.1. The van der Waals surface area contributed by atoms with Gasteiger partial charge in [0.2, 0.25) is 0 Å². The van der Waals surface area contributed by atoms with Crippen LogP contribution in [-0.2, 0) is 65.4 Å². The van der Waals surface area contributed by atoms with Gasteiger partial charge in [-0.3, -0.25) is 37.3 Å². The molecule has 0 aliphatic carbocycles. The molecule has 3 N–H and O–H groups in total. The van der Waals surface area contributed by atoms with Gasteiger partial charge in [0.1, 0.15) is 19.3 Å². The van der Waals surface area contributed by atoms with Crippen LogP contribution in [0, 0.1) is 17.8 Å². The average molecular weight is 1410 g/mol. The van der Waals surface area contributed by atoms with Crippen molar-refractivity contribution in [2.24, 2.45) is 17.8 Å². The van der Waals surface area contributed by atoms with Crippen molar-refractivity contribution >= 4 is 39.5 Å². The number of phosphoric acid groups is 2. The number of phosphoric ester groups is 2. The van der Waals surface area contributed by atoms with Crippen LogP contribution >= 0.6 is 15.6 Å². The summed E-state index contributed by atoms with van der Waals surface area (Å²) in [6.45, 7) is 11.9. The van der Waals surface area contributed by atoms with Gasteiger partial charge >= 0.3 is 39.5 Å². The number of carbonyl (C=O) groups is 4. The van der Waals surface area contributed by atoms with E-state index in [2.05, 4.69) is 48.5 Å². The maximum Gasteiger partial charge on any atom is 0.472 e. The summed E-state index contributed by atoms with van der Waals surface area (Å²) >= 11 is 0. The smallest absolute Gasteiger partial charge is 0.462 e. The molecule has 0 aromatic rings. The number of hydrogen-bond donors (Lipinski definition) is 3. The van der Waals surface area contributed by atoms with Gasteiger partial charge in [-0.15, -0.1) is 0 Å². The Morgan fingerprint density at radius 1 is 0.281 bits per heavy atom. The average Bonchev–Trinajstić information content (AvgIpc) is 1.10. The first-order valence-electron chi connectivity index (χ1n) is 39.8. The minimum atomic E-state index is -4.96. The van der Waals surface area contributed by atoms with Gasteiger partial charge < -0.3 is 33.8 Å². The van der Waals surface area contributed by atoms with E-state index in [1.54, 1.807) is 0 Å². The lowest BCUT2D eigenvalue weighted by Crippen LogP contribution is -2.30. The summed E-state index contributed by atoms with van der Waals surface area (Å²) in [4.78, 5) is 72.6. The molecule has 0 fully saturated rings. The molecular weight excluding hydrogens is 1260 g/mol. The van der Waals surface area contributed by atoms with Gasteiger partial charge in [-0.05, 0) is 43.4 Å². The fourth-order valence-corrected chi connectivity index (χ4v) is 13.4. The van der Waals surface area contributed by atoms with Crippen LogP contribution < -0.4 is 0 Å². The number of aliphatic hydroxyl groups is 1. The summed E-state index contributed by atoms with van der Waals surface area (Å²) in [5.41, 5.74) is 0. The lowest BCUT2D eigenvalue weighted by atomic mass is 10.0. The molecule has 0 aliphatic rings. The van der Waals surface area contributed by atoms with Crippen molar-refractivity contribution in [3.05, 3.63) is 0 Å². The fourth-order valence-electron chi connectivity index (χ4n) is 11.8. The largest absolute Gasteiger partial charge is 0.472 e. The van der Waals surface area contributed by atoms with E-state index >= 15 is 0 Å². The quantitative estimate of drug-likeness (QED) is 0.0222. The molecule has 0 heterocycles. The highest BCUT2D eigenvalue weighted by Gasteiger charge is 2.30. The maximum atomic E-state index is 13.1. The Kier molecular flexibility index (Phi) is 66.2. The lowest BCUT2D eigenvalue weighted by molar-refractivity contribution is -0.161. The number of aliphatic hydroxyl groups excluding tert-OH is 1. The highest BCUT2D eigenvalue weighted by Crippen LogP contribution is 2.45. The van der Waals surface area contributed by atoms with Gasteiger partial charge in [0.15, 0.2) is 12.2 Å². The molecule has 570 valence electrons. The Balaban J connectivity index is 5.12. The SMILES string of the molecule is CCCCCCCC(=O)OC[C@H](COP(=O)(O)OC[C@H](O)COP(=O)(O)OC[C@@H](COC(=O)CCCCCCCCCCCCCCC(C)C)OC(=O)CCCCCCCCCCCCCCCCCCCCC(C)C)OC(=O)CCCCCCCCCCCCCCC(C)C. The van der Waals surface area contributed by atoms with Crippen LogP contribution in [0.4, 0.5) is 0 Å². The second-order valence-electron chi connectivity index (χ2n) is 29.2. The second-order valence-corrected chi connectivity index (χ2v) is 32.1. The standard InChI is InChI=1S/C77H150O17P2/c1-8-9-10-41-51-58-74(79)87-64-72(93-76(81)60-54-47-40-34-28-22-20-25-31-37-44-50-57-70(6)7)66-91-95(83,84)89-62-71(78)63-90-96(85,86)92-67-73(65-88-75(80)59-52-45-38-32-26-21-19-24-30-36-43-49-56-69(4)5)94-77(82)61-53-46-39-33-27-18-16-14-12-11-13-15-17-23-29-35-42-48-55-68(2)3/h68-73,78H,8-67H2,1-7H3,(H,83,84)(H,85,86)/t71-,72+,73+/m0/s1. The Morgan fingerprint density at radius 2 is 0.479 bits per heavy atom. The normalized spacial score (nSPS) is 14.1. The summed E-state index contributed by atoms with van der Waals surface area (Å²) in [5, 5.41) is 10.6. The zero-order chi connectivity index (χ0) is 70.9. The molecule has 0 radical (unpaired) electrons. The molecule has 2 unspecified atom stereocenters. The van der Waals surface area contributed by atoms with Crippen molar-refractivity contribution in [2.75, 3.05) is 39.6 Å². The van der Waals surface area contributed by atoms with Crippen molar-refractivity contribution in [3.63, 3.8) is 0 Å². The van der Waals surface area contributed by atoms with Gasteiger partial charge in [0.05, 0.1) is 26.4 Å². The molecule has 0 rings (SSSR count). The van der Waals surface area contributed by atoms with Crippen molar-refractivity contribution < 1.29 is 80.2 Å². The van der Waals surface area contributed by atoms with Gasteiger partial charge in [-0.2, -0.15) is 0 Å². The second kappa shape index (κ2) is 67.5. The number of ether oxygens (including phenoxy) is 4. The Labute approximate surface area is 588 Å². The van der Waals surface area contributed by atoms with Crippen molar-refractivity contribution in [1.29, 1.82) is 0 Å². The molecule has 19 heteroatoms. The van der Waals surface area contributed by atoms with Gasteiger partial charge in [0, 0.05) is 25.7 Å². The molecule has 0 aromatic carbocycles. The third-order valence-corrected chi connectivity index (χ3v) is 19.8. The summed E-state index contributed by atoms with van der Waals surface area (Å²) in [7, 11) is -9.90. The summed E-state index contributed by atoms with van der Waals surface area (Å²) < 4.78 is 68.3. The third-order valence-electron chi connectivity index (χ3n) is 17.9. The molecule has 0 aliphatic heterocycles. The van der Waals surface area contributed by atoms with Gasteiger partial charge in [-0.1, -0.05) is 344 Å². The summed E-state index contributed by atoms with van der Waals surface area (Å²) in [6.07, 6.45) is 54.6. The number of unbranched alkanes of at least 4 members (excludes halogenated alkanes) is 43. The predicted octanol–water partition coefficient (Wildman–Crippen LogP) is 22.6. The van der Waals surface area contributed by atoms with Crippen molar-refractivity contribution in [2.45, 2.75) is 414 Å². The Bertz CT molecular complexity index is 1870. The first-order chi connectivity index (χ1) is 46.2. The van der Waals surface area contributed by atoms with E-state index < -0.39 is 97.5 Å². The minimum absolute atomic E-state index is 0.106. The summed E-state index contributed by atoms with van der Waals surface area (Å²) in [5.74, 6) is 0.252. The van der Waals surface area contributed by atoms with Crippen LogP contribution in [0.5, 0.6) is 0 Å². The van der Waals surface area contributed by atoms with Crippen LogP contribution in [0.2, 0.25) is 0 Å². The topological polar surface area (TPSA) is 237 Å². The molecule has 5 atom stereocenters. The van der Waals surface area contributed by atoms with Crippen LogP contribution in [0.25, 0.3) is 0 Å². The molecular formula is C77H150O17P2. The summed E-state index contributed by atoms with van der Waals surface area (Å²) in [6, 6.07) is 0. The van der Waals surface area contributed by atoms with E-state index in [-0.39, 0.29) is 25.7 Å². The van der Waals surface area contributed by atoms with E-state index in [9.17, 15) is 43.2 Å². The first-order valence-corrected chi connectivity index (χ1v) is 42.8. The van der Waals surface area contributed by atoms with E-state index in [1.165, 1.54) is 199 Å². The molecule has 0 bridgehead atoms. The van der Waals surface area contributed by atoms with E-state index in [0.29, 0.717) is 25.7 Å². The van der Waals surface area contributed by atoms with Crippen LogP contribution in [0.1, 0.15) is 395 Å². The number of carbonyl (C=O) groups excluding carboxylic acids is 4. The molecule has 0 saturated carbocycles. The van der Waals surface area contributed by atoms with Crippen molar-refractivity contribution in [1.82, 2.24) is 0 Å². The first kappa shape index (κ1) is 94.1. The monoisotopic (exact) mass is 1410 g/mol. The molecule has 0 saturated heterocycles. The molecule has 0 spiro atoms. The molecule has 0 aromatic heterocycles. The molecule has 96 heavy (non-hydrogen) atoms. The molecule has 0 amide bonds. The van der Waals surface area contributed by atoms with E-state index in [0.717, 1.165) is 114 Å².